The molecule has 0 aliphatic carbocycles. The Balaban J connectivity index is 2.37. The van der Waals surface area contributed by atoms with E-state index in [9.17, 15) is 9.90 Å². The van der Waals surface area contributed by atoms with Crippen molar-refractivity contribution in [2.24, 2.45) is 0 Å². The Kier molecular flexibility index (Phi) is 6.92. The Bertz CT molecular complexity index is 984. The van der Waals surface area contributed by atoms with Gasteiger partial charge in [-0.2, -0.15) is 0 Å². The summed E-state index contributed by atoms with van der Waals surface area (Å²) in [4.78, 5) is 14.4. The molecule has 1 N–H and O–H groups in total. The average Bonchev–Trinajstić information content (AvgIpc) is 2.72. The summed E-state index contributed by atoms with van der Waals surface area (Å²) in [6.45, 7) is 2.69. The van der Waals surface area contributed by atoms with E-state index in [0.717, 1.165) is 39.6 Å². The highest BCUT2D eigenvalue weighted by atomic mass is 32.2. The fourth-order valence-corrected chi connectivity index (χ4v) is 4.74. The van der Waals surface area contributed by atoms with Crippen molar-refractivity contribution in [2.75, 3.05) is 19.1 Å². The van der Waals surface area contributed by atoms with Crippen LogP contribution in [-0.4, -0.2) is 30.2 Å². The largest absolute Gasteiger partial charge is 0.493 e. The van der Waals surface area contributed by atoms with Crippen molar-refractivity contribution < 1.29 is 14.6 Å². The number of ether oxygens (including phenoxy) is 1. The standard InChI is InChI=1S/C23H24O3S2/c1-4-5-11-26-19-12-18(23(24)25)22(15-9-7-6-8-10-15)17-14-21(28-3)20(27-2)13-16(17)19/h6-10,12-14H,4-5,11H2,1-3H3,(H,24,25). The van der Waals surface area contributed by atoms with Gasteiger partial charge in [-0.15, -0.1) is 23.5 Å². The van der Waals surface area contributed by atoms with Crippen LogP contribution in [-0.2, 0) is 0 Å². The van der Waals surface area contributed by atoms with E-state index in [1.165, 1.54) is 4.90 Å². The third kappa shape index (κ3) is 4.15. The van der Waals surface area contributed by atoms with Crippen LogP contribution in [0.5, 0.6) is 5.75 Å². The minimum Gasteiger partial charge on any atom is -0.493 e. The first-order valence-electron chi connectivity index (χ1n) is 9.25. The molecule has 0 spiro atoms. The molecule has 3 nitrogen and oxygen atoms in total. The molecule has 3 aromatic rings. The van der Waals surface area contributed by atoms with Crippen LogP contribution in [0.4, 0.5) is 0 Å². The highest BCUT2D eigenvalue weighted by molar-refractivity contribution is 8.01. The van der Waals surface area contributed by atoms with Gasteiger partial charge in [-0.25, -0.2) is 4.79 Å². The summed E-state index contributed by atoms with van der Waals surface area (Å²) in [6.07, 6.45) is 6.06. The van der Waals surface area contributed by atoms with Crippen molar-refractivity contribution in [1.29, 1.82) is 0 Å². The number of hydrogen-bond donors (Lipinski definition) is 1. The van der Waals surface area contributed by atoms with E-state index in [1.807, 2.05) is 36.6 Å². The minimum absolute atomic E-state index is 0.272. The van der Waals surface area contributed by atoms with Crippen molar-refractivity contribution in [3.8, 4) is 16.9 Å². The second-order valence-corrected chi connectivity index (χ2v) is 8.12. The van der Waals surface area contributed by atoms with Gasteiger partial charge in [-0.1, -0.05) is 43.7 Å². The molecule has 0 heterocycles. The first-order chi connectivity index (χ1) is 13.6. The van der Waals surface area contributed by atoms with Crippen LogP contribution in [0.25, 0.3) is 21.9 Å². The number of aromatic carboxylic acids is 1. The van der Waals surface area contributed by atoms with Gasteiger partial charge in [0.05, 0.1) is 12.2 Å². The van der Waals surface area contributed by atoms with Crippen LogP contribution in [0.2, 0.25) is 0 Å². The molecular weight excluding hydrogens is 388 g/mol. The molecule has 0 bridgehead atoms. The Labute approximate surface area is 174 Å². The van der Waals surface area contributed by atoms with Gasteiger partial charge in [0.25, 0.3) is 0 Å². The summed E-state index contributed by atoms with van der Waals surface area (Å²) in [5.41, 5.74) is 1.91. The number of thioether (sulfide) groups is 2. The van der Waals surface area contributed by atoms with Crippen molar-refractivity contribution in [1.82, 2.24) is 0 Å². The Morgan fingerprint density at radius 3 is 2.21 bits per heavy atom. The lowest BCUT2D eigenvalue weighted by Gasteiger charge is -2.18. The number of benzene rings is 3. The Hall–Kier alpha value is -2.11. The zero-order valence-corrected chi connectivity index (χ0v) is 18.0. The number of fused-ring (bicyclic) bond motifs is 1. The van der Waals surface area contributed by atoms with E-state index in [1.54, 1.807) is 29.6 Å². The van der Waals surface area contributed by atoms with Crippen LogP contribution < -0.4 is 4.74 Å². The van der Waals surface area contributed by atoms with Crippen molar-refractivity contribution in [2.45, 2.75) is 29.6 Å². The van der Waals surface area contributed by atoms with E-state index in [-0.39, 0.29) is 5.56 Å². The van der Waals surface area contributed by atoms with Crippen molar-refractivity contribution in [3.63, 3.8) is 0 Å². The Morgan fingerprint density at radius 2 is 1.64 bits per heavy atom. The molecule has 0 radical (unpaired) electrons. The van der Waals surface area contributed by atoms with E-state index in [0.29, 0.717) is 12.4 Å². The van der Waals surface area contributed by atoms with Gasteiger partial charge in [0.1, 0.15) is 5.75 Å². The smallest absolute Gasteiger partial charge is 0.336 e. The van der Waals surface area contributed by atoms with E-state index in [2.05, 4.69) is 25.3 Å². The van der Waals surface area contributed by atoms with Crippen LogP contribution >= 0.6 is 23.5 Å². The second-order valence-electron chi connectivity index (χ2n) is 6.42. The van der Waals surface area contributed by atoms with Crippen molar-refractivity contribution in [3.05, 3.63) is 54.1 Å². The first-order valence-corrected chi connectivity index (χ1v) is 11.7. The van der Waals surface area contributed by atoms with Crippen LogP contribution in [0.3, 0.4) is 0 Å². The third-order valence-electron chi connectivity index (χ3n) is 4.65. The van der Waals surface area contributed by atoms with Crippen LogP contribution in [0.1, 0.15) is 30.1 Å². The lowest BCUT2D eigenvalue weighted by Crippen LogP contribution is -2.04. The highest BCUT2D eigenvalue weighted by Crippen LogP contribution is 2.42. The molecule has 146 valence electrons. The summed E-state index contributed by atoms with van der Waals surface area (Å²) < 4.78 is 6.04. The number of carbonyl (C=O) groups is 1. The van der Waals surface area contributed by atoms with E-state index >= 15 is 0 Å². The van der Waals surface area contributed by atoms with Crippen LogP contribution in [0.15, 0.2) is 58.3 Å². The molecule has 0 saturated carbocycles. The fraction of sp³-hybridized carbons (Fsp3) is 0.261. The van der Waals surface area contributed by atoms with Gasteiger partial charge in [-0.05, 0) is 48.1 Å². The minimum atomic E-state index is -0.944. The monoisotopic (exact) mass is 412 g/mol. The van der Waals surface area contributed by atoms with Gasteiger partial charge >= 0.3 is 5.97 Å². The fourth-order valence-electron chi connectivity index (χ4n) is 3.25. The number of unbranched alkanes of at least 4 members (excludes halogenated alkanes) is 1. The molecule has 3 rings (SSSR count). The number of rotatable bonds is 8. The predicted molar refractivity (Wildman–Crippen MR) is 120 cm³/mol. The average molecular weight is 413 g/mol. The summed E-state index contributed by atoms with van der Waals surface area (Å²) >= 11 is 3.36. The zero-order chi connectivity index (χ0) is 20.1. The lowest BCUT2D eigenvalue weighted by molar-refractivity contribution is 0.0697. The molecule has 0 unspecified atom stereocenters. The molecule has 0 saturated heterocycles. The zero-order valence-electron chi connectivity index (χ0n) is 16.3. The lowest BCUT2D eigenvalue weighted by atomic mass is 9.92. The molecule has 0 aromatic heterocycles. The van der Waals surface area contributed by atoms with E-state index < -0.39 is 5.97 Å². The maximum atomic E-state index is 12.1. The van der Waals surface area contributed by atoms with Gasteiger partial charge in [0.15, 0.2) is 0 Å². The molecule has 28 heavy (non-hydrogen) atoms. The molecule has 0 aliphatic heterocycles. The normalized spacial score (nSPS) is 11.0. The van der Waals surface area contributed by atoms with Gasteiger partial charge in [0, 0.05) is 20.7 Å². The molecule has 5 heteroatoms. The topological polar surface area (TPSA) is 46.5 Å². The molecule has 0 atom stereocenters. The van der Waals surface area contributed by atoms with E-state index in [4.69, 9.17) is 4.74 Å². The SMILES string of the molecule is CCCCOc1cc(C(=O)O)c(-c2ccccc2)c2cc(SC)c(SC)cc12. The summed E-state index contributed by atoms with van der Waals surface area (Å²) in [5.74, 6) is -0.302. The maximum absolute atomic E-state index is 12.1. The summed E-state index contributed by atoms with van der Waals surface area (Å²) in [7, 11) is 0. The molecule has 3 aromatic carbocycles. The molecular formula is C23H24O3S2. The molecule has 0 fully saturated rings. The molecule has 0 aliphatic rings. The van der Waals surface area contributed by atoms with Crippen molar-refractivity contribution >= 4 is 40.3 Å². The summed E-state index contributed by atoms with van der Waals surface area (Å²) in [5, 5.41) is 11.8. The summed E-state index contributed by atoms with van der Waals surface area (Å²) in [6, 6.07) is 15.6. The highest BCUT2D eigenvalue weighted by Gasteiger charge is 2.20. The number of carboxylic acids is 1. The quantitative estimate of drug-likeness (QED) is 0.325. The van der Waals surface area contributed by atoms with Gasteiger partial charge in [-0.3, -0.25) is 0 Å². The van der Waals surface area contributed by atoms with Gasteiger partial charge in [0.2, 0.25) is 0 Å². The first kappa shape index (κ1) is 20.6. The van der Waals surface area contributed by atoms with Crippen LogP contribution in [0, 0.1) is 0 Å². The third-order valence-corrected chi connectivity index (χ3v) is 6.34. The predicted octanol–water partition coefficient (Wildman–Crippen LogP) is 6.83. The van der Waals surface area contributed by atoms with Gasteiger partial charge < -0.3 is 9.84 Å². The Morgan fingerprint density at radius 1 is 1.00 bits per heavy atom. The molecule has 0 amide bonds. The number of hydrogen-bond acceptors (Lipinski definition) is 4. The number of carboxylic acid groups (broad SMARTS) is 1. The second kappa shape index (κ2) is 9.39. The maximum Gasteiger partial charge on any atom is 0.336 e.